The fourth-order valence-corrected chi connectivity index (χ4v) is 2.86. The van der Waals surface area contributed by atoms with Crippen LogP contribution >= 0.6 is 0 Å². The number of hydrogen-bond donors (Lipinski definition) is 2. The third-order valence-corrected chi connectivity index (χ3v) is 4.52. The van der Waals surface area contributed by atoms with Gasteiger partial charge in [-0.1, -0.05) is 25.1 Å². The number of benzene rings is 2. The number of guanidine groups is 1. The number of nitrogens with zero attached hydrogens (tertiary/aromatic N) is 2. The summed E-state index contributed by atoms with van der Waals surface area (Å²) >= 11 is 0. The van der Waals surface area contributed by atoms with Gasteiger partial charge in [-0.25, -0.2) is 4.99 Å². The van der Waals surface area contributed by atoms with Crippen LogP contribution in [0.3, 0.4) is 0 Å². The molecule has 0 radical (unpaired) electrons. The number of nitrogens with one attached hydrogen (secondary N) is 2. The molecule has 0 bridgehead atoms. The lowest BCUT2D eigenvalue weighted by atomic mass is 10.1. The number of carbonyl (C=O) groups excluding carboxylic acids is 1. The third-order valence-electron chi connectivity index (χ3n) is 4.52. The van der Waals surface area contributed by atoms with Crippen LogP contribution in [0.25, 0.3) is 0 Å². The van der Waals surface area contributed by atoms with Gasteiger partial charge in [-0.15, -0.1) is 0 Å². The highest BCUT2D eigenvalue weighted by atomic mass is 16.5. The minimum absolute atomic E-state index is 0.00375. The molecule has 7 nitrogen and oxygen atoms in total. The standard InChI is InChI=1S/C24H34N4O3/c1-6-14-31-21-13-10-19(15-22(21)30-5)17-27-24(25-7-2)26-16-18-8-11-20(12-9-18)23(29)28(3)4/h8-13,15H,6-7,14,16-17H2,1-5H3,(H2,25,26,27). The average molecular weight is 427 g/mol. The zero-order chi connectivity index (χ0) is 22.6. The Morgan fingerprint density at radius 3 is 2.32 bits per heavy atom. The summed E-state index contributed by atoms with van der Waals surface area (Å²) in [5, 5.41) is 6.59. The van der Waals surface area contributed by atoms with Crippen LogP contribution in [0, 0.1) is 0 Å². The molecule has 0 fully saturated rings. The minimum Gasteiger partial charge on any atom is -0.493 e. The lowest BCUT2D eigenvalue weighted by Gasteiger charge is -2.13. The van der Waals surface area contributed by atoms with Crippen LogP contribution < -0.4 is 20.1 Å². The van der Waals surface area contributed by atoms with Gasteiger partial charge < -0.3 is 25.0 Å². The third kappa shape index (κ3) is 7.51. The number of aliphatic imine (C=N–C) groups is 1. The summed E-state index contributed by atoms with van der Waals surface area (Å²) in [7, 11) is 5.14. The molecule has 0 aliphatic heterocycles. The van der Waals surface area contributed by atoms with E-state index in [2.05, 4.69) is 22.5 Å². The van der Waals surface area contributed by atoms with Crippen LogP contribution in [0.2, 0.25) is 0 Å². The molecule has 0 aromatic heterocycles. The fourth-order valence-electron chi connectivity index (χ4n) is 2.86. The lowest BCUT2D eigenvalue weighted by molar-refractivity contribution is 0.0827. The Bertz CT molecular complexity index is 864. The van der Waals surface area contributed by atoms with E-state index in [0.29, 0.717) is 31.0 Å². The molecule has 0 saturated carbocycles. The number of amides is 1. The Balaban J connectivity index is 2.01. The molecular weight excluding hydrogens is 392 g/mol. The Kier molecular flexibility index (Phi) is 9.68. The minimum atomic E-state index is -0.00375. The van der Waals surface area contributed by atoms with E-state index in [1.54, 1.807) is 26.1 Å². The quantitative estimate of drug-likeness (QED) is 0.450. The van der Waals surface area contributed by atoms with Gasteiger partial charge in [0, 0.05) is 32.7 Å². The van der Waals surface area contributed by atoms with Gasteiger partial charge in [-0.2, -0.15) is 0 Å². The van der Waals surface area contributed by atoms with Crippen LogP contribution in [0.4, 0.5) is 0 Å². The Morgan fingerprint density at radius 1 is 1.00 bits per heavy atom. The molecule has 0 aliphatic carbocycles. The molecular formula is C24H34N4O3. The van der Waals surface area contributed by atoms with Crippen LogP contribution in [0.15, 0.2) is 47.5 Å². The van der Waals surface area contributed by atoms with Gasteiger partial charge in [0.25, 0.3) is 5.91 Å². The van der Waals surface area contributed by atoms with Crippen LogP contribution in [0.1, 0.15) is 41.8 Å². The van der Waals surface area contributed by atoms with Crippen molar-refractivity contribution in [3.8, 4) is 11.5 Å². The van der Waals surface area contributed by atoms with Crippen LogP contribution in [0.5, 0.6) is 11.5 Å². The second kappa shape index (κ2) is 12.5. The smallest absolute Gasteiger partial charge is 0.253 e. The van der Waals surface area contributed by atoms with Crippen molar-refractivity contribution >= 4 is 11.9 Å². The Morgan fingerprint density at radius 2 is 1.71 bits per heavy atom. The fraction of sp³-hybridized carbons (Fsp3) is 0.417. The molecule has 2 aromatic rings. The van der Waals surface area contributed by atoms with E-state index in [0.717, 1.165) is 35.8 Å². The van der Waals surface area contributed by atoms with Gasteiger partial charge in [0.15, 0.2) is 17.5 Å². The van der Waals surface area contributed by atoms with Crippen molar-refractivity contribution in [3.63, 3.8) is 0 Å². The normalized spacial score (nSPS) is 11.1. The van der Waals surface area contributed by atoms with E-state index in [-0.39, 0.29) is 5.91 Å². The molecule has 0 unspecified atom stereocenters. The summed E-state index contributed by atoms with van der Waals surface area (Å²) in [5.74, 6) is 2.18. The van der Waals surface area contributed by atoms with E-state index in [1.165, 1.54) is 0 Å². The van der Waals surface area contributed by atoms with Crippen molar-refractivity contribution in [3.05, 3.63) is 59.2 Å². The summed E-state index contributed by atoms with van der Waals surface area (Å²) in [6, 6.07) is 13.5. The maximum atomic E-state index is 12.0. The SMILES string of the molecule is CCCOc1ccc(CN=C(NCC)NCc2ccc(C(=O)N(C)C)cc2)cc1OC. The number of hydrogen-bond acceptors (Lipinski definition) is 4. The van der Waals surface area contributed by atoms with Crippen molar-refractivity contribution in [2.24, 2.45) is 4.99 Å². The highest BCUT2D eigenvalue weighted by molar-refractivity contribution is 5.93. The molecule has 2 aromatic carbocycles. The second-order valence-electron chi connectivity index (χ2n) is 7.28. The first kappa shape index (κ1) is 24.1. The molecule has 0 aliphatic rings. The van der Waals surface area contributed by atoms with Crippen molar-refractivity contribution in [2.75, 3.05) is 34.4 Å². The molecule has 0 atom stereocenters. The number of rotatable bonds is 10. The van der Waals surface area contributed by atoms with Gasteiger partial charge in [-0.3, -0.25) is 4.79 Å². The zero-order valence-corrected chi connectivity index (χ0v) is 19.2. The maximum Gasteiger partial charge on any atom is 0.253 e. The summed E-state index contributed by atoms with van der Waals surface area (Å²) < 4.78 is 11.2. The molecule has 7 heteroatoms. The van der Waals surface area contributed by atoms with E-state index < -0.39 is 0 Å². The van der Waals surface area contributed by atoms with Gasteiger partial charge in [0.1, 0.15) is 0 Å². The van der Waals surface area contributed by atoms with E-state index in [9.17, 15) is 4.79 Å². The highest BCUT2D eigenvalue weighted by Crippen LogP contribution is 2.28. The lowest BCUT2D eigenvalue weighted by Crippen LogP contribution is -2.36. The van der Waals surface area contributed by atoms with Crippen LogP contribution in [-0.4, -0.2) is 51.1 Å². The topological polar surface area (TPSA) is 75.2 Å². The molecule has 1 amide bonds. The number of ether oxygens (including phenoxy) is 2. The van der Waals surface area contributed by atoms with Crippen molar-refractivity contribution in [1.82, 2.24) is 15.5 Å². The zero-order valence-electron chi connectivity index (χ0n) is 19.2. The highest BCUT2D eigenvalue weighted by Gasteiger charge is 2.08. The van der Waals surface area contributed by atoms with Crippen molar-refractivity contribution < 1.29 is 14.3 Å². The van der Waals surface area contributed by atoms with E-state index in [4.69, 9.17) is 9.47 Å². The first-order chi connectivity index (χ1) is 15.0. The van der Waals surface area contributed by atoms with Crippen LogP contribution in [-0.2, 0) is 13.1 Å². The molecule has 0 spiro atoms. The Labute approximate surface area is 185 Å². The number of methoxy groups -OCH3 is 1. The predicted octanol–water partition coefficient (Wildman–Crippen LogP) is 3.44. The van der Waals surface area contributed by atoms with Gasteiger partial charge in [-0.05, 0) is 48.7 Å². The van der Waals surface area contributed by atoms with E-state index >= 15 is 0 Å². The van der Waals surface area contributed by atoms with E-state index in [1.807, 2.05) is 49.4 Å². The first-order valence-electron chi connectivity index (χ1n) is 10.6. The van der Waals surface area contributed by atoms with Gasteiger partial charge in [0.2, 0.25) is 0 Å². The average Bonchev–Trinajstić information content (AvgIpc) is 2.79. The monoisotopic (exact) mass is 426 g/mol. The molecule has 2 rings (SSSR count). The Hall–Kier alpha value is -3.22. The first-order valence-corrected chi connectivity index (χ1v) is 10.6. The maximum absolute atomic E-state index is 12.0. The van der Waals surface area contributed by atoms with Gasteiger partial charge >= 0.3 is 0 Å². The summed E-state index contributed by atoms with van der Waals surface area (Å²) in [6.45, 7) is 6.64. The largest absolute Gasteiger partial charge is 0.493 e. The van der Waals surface area contributed by atoms with Crippen molar-refractivity contribution in [1.29, 1.82) is 0 Å². The molecule has 0 saturated heterocycles. The summed E-state index contributed by atoms with van der Waals surface area (Å²) in [5.41, 5.74) is 2.78. The molecule has 2 N–H and O–H groups in total. The predicted molar refractivity (Wildman–Crippen MR) is 125 cm³/mol. The van der Waals surface area contributed by atoms with Gasteiger partial charge in [0.05, 0.1) is 20.3 Å². The van der Waals surface area contributed by atoms with Crippen molar-refractivity contribution in [2.45, 2.75) is 33.4 Å². The summed E-state index contributed by atoms with van der Waals surface area (Å²) in [4.78, 5) is 18.3. The summed E-state index contributed by atoms with van der Waals surface area (Å²) in [6.07, 6.45) is 0.946. The molecule has 0 heterocycles. The molecule has 168 valence electrons. The molecule has 31 heavy (non-hydrogen) atoms. The second-order valence-corrected chi connectivity index (χ2v) is 7.28. The number of carbonyl (C=O) groups is 1.